The molecule has 1 fully saturated rings. The van der Waals surface area contributed by atoms with E-state index >= 15 is 0 Å². The first-order chi connectivity index (χ1) is 19.0. The zero-order chi connectivity index (χ0) is 30.0. The number of fused-ring (bicyclic) bond motifs is 1. The van der Waals surface area contributed by atoms with Gasteiger partial charge in [0.2, 0.25) is 8.32 Å². The van der Waals surface area contributed by atoms with E-state index in [0.717, 1.165) is 60.5 Å². The van der Waals surface area contributed by atoms with Crippen LogP contribution in [0.5, 0.6) is 0 Å². The average Bonchev–Trinajstić information content (AvgIpc) is 3.21. The number of pyridine rings is 1. The fourth-order valence-electron chi connectivity index (χ4n) is 6.46. The lowest BCUT2D eigenvalue weighted by molar-refractivity contribution is -0.137. The number of hydrogen-bond donors (Lipinski definition) is 1. The van der Waals surface area contributed by atoms with E-state index in [1.54, 1.807) is 0 Å². The van der Waals surface area contributed by atoms with Crippen LogP contribution in [0.25, 0.3) is 0 Å². The van der Waals surface area contributed by atoms with Gasteiger partial charge < -0.3 is 9.53 Å². The Kier molecular flexibility index (Phi) is 7.81. The van der Waals surface area contributed by atoms with Crippen LogP contribution in [0.1, 0.15) is 112 Å². The first-order valence-electron chi connectivity index (χ1n) is 15.2. The van der Waals surface area contributed by atoms with Crippen LogP contribution in [0.15, 0.2) is 42.2 Å². The zero-order valence-electron chi connectivity index (χ0n) is 25.7. The van der Waals surface area contributed by atoms with Crippen LogP contribution < -0.4 is 0 Å². The third kappa shape index (κ3) is 6.04. The first kappa shape index (κ1) is 30.3. The second-order valence-electron chi connectivity index (χ2n) is 15.0. The number of aliphatic hydroxyl groups excluding tert-OH is 1. The molecule has 1 N–H and O–H groups in total. The molecule has 0 spiro atoms. The molecule has 0 radical (unpaired) electrons. The lowest BCUT2D eigenvalue weighted by Crippen LogP contribution is -2.41. The van der Waals surface area contributed by atoms with Crippen molar-refractivity contribution >= 4 is 8.32 Å². The molecule has 5 rings (SSSR count). The van der Waals surface area contributed by atoms with Crippen LogP contribution in [0, 0.1) is 17.3 Å². The van der Waals surface area contributed by atoms with Gasteiger partial charge in [0.1, 0.15) is 6.10 Å². The molecule has 7 heteroatoms. The molecule has 1 saturated carbocycles. The Balaban J connectivity index is 1.62. The highest BCUT2D eigenvalue weighted by molar-refractivity contribution is 6.74. The molecule has 2 aromatic rings. The fourth-order valence-corrected chi connectivity index (χ4v) is 7.57. The molecule has 1 unspecified atom stereocenters. The molecule has 1 heterocycles. The Morgan fingerprint density at radius 2 is 1.73 bits per heavy atom. The Morgan fingerprint density at radius 3 is 2.29 bits per heavy atom. The molecular formula is C34H46F3NO2Si. The minimum atomic E-state index is -4.42. The Hall–Kier alpha value is -2.12. The number of rotatable bonds is 6. The van der Waals surface area contributed by atoms with Gasteiger partial charge in [0.25, 0.3) is 0 Å². The average molecular weight is 586 g/mol. The van der Waals surface area contributed by atoms with E-state index < -0.39 is 26.2 Å². The summed E-state index contributed by atoms with van der Waals surface area (Å²) in [5, 5.41) is 11.8. The predicted octanol–water partition coefficient (Wildman–Crippen LogP) is 9.51. The Labute approximate surface area is 244 Å². The molecule has 0 aliphatic heterocycles. The van der Waals surface area contributed by atoms with Crippen molar-refractivity contribution in [1.82, 2.24) is 4.98 Å². The van der Waals surface area contributed by atoms with E-state index in [4.69, 9.17) is 9.41 Å². The van der Waals surface area contributed by atoms with Gasteiger partial charge in [-0.1, -0.05) is 66.0 Å². The smallest absolute Gasteiger partial charge is 0.416 e. The van der Waals surface area contributed by atoms with Gasteiger partial charge in [0.05, 0.1) is 22.9 Å². The number of benzene rings is 1. The van der Waals surface area contributed by atoms with Crippen molar-refractivity contribution in [2.75, 3.05) is 0 Å². The van der Waals surface area contributed by atoms with Crippen molar-refractivity contribution in [3.63, 3.8) is 0 Å². The molecule has 3 atom stereocenters. The van der Waals surface area contributed by atoms with Crippen molar-refractivity contribution in [2.24, 2.45) is 17.3 Å². The van der Waals surface area contributed by atoms with Crippen LogP contribution in [0.3, 0.4) is 0 Å². The minimum Gasteiger partial charge on any atom is -0.546 e. The second kappa shape index (κ2) is 10.5. The summed E-state index contributed by atoms with van der Waals surface area (Å²) in [6.45, 7) is 15.8. The maximum absolute atomic E-state index is 13.3. The summed E-state index contributed by atoms with van der Waals surface area (Å²) in [5.74, 6) is 1.85. The number of hydrogen-bond acceptors (Lipinski definition) is 3. The maximum Gasteiger partial charge on any atom is 0.416 e. The molecule has 0 bridgehead atoms. The molecule has 3 aliphatic rings. The van der Waals surface area contributed by atoms with Gasteiger partial charge in [-0.05, 0) is 96.5 Å². The lowest BCUT2D eigenvalue weighted by atomic mass is 9.69. The summed E-state index contributed by atoms with van der Waals surface area (Å²) < 4.78 is 46.9. The number of alkyl halides is 3. The molecular weight excluding hydrogens is 539 g/mol. The fraction of sp³-hybridized carbons (Fsp3) is 0.618. The van der Waals surface area contributed by atoms with Crippen molar-refractivity contribution in [3.05, 3.63) is 75.8 Å². The van der Waals surface area contributed by atoms with Gasteiger partial charge in [-0.15, -0.1) is 0 Å². The number of allylic oxidation sites excluding steroid dienone is 2. The van der Waals surface area contributed by atoms with Crippen LogP contribution in [0.2, 0.25) is 18.1 Å². The molecule has 3 aliphatic carbocycles. The van der Waals surface area contributed by atoms with Crippen molar-refractivity contribution in [2.45, 2.75) is 116 Å². The van der Waals surface area contributed by atoms with E-state index in [1.165, 1.54) is 31.4 Å². The Morgan fingerprint density at radius 1 is 1.07 bits per heavy atom. The highest BCUT2D eigenvalue weighted by Crippen LogP contribution is 2.53. The normalized spacial score (nSPS) is 23.9. The molecule has 0 amide bonds. The maximum atomic E-state index is 13.3. The van der Waals surface area contributed by atoms with Gasteiger partial charge in [0.15, 0.2) is 0 Å². The van der Waals surface area contributed by atoms with Gasteiger partial charge in [-0.25, -0.2) is 0 Å². The number of nitrogens with zero attached hydrogens (tertiary/aromatic N) is 1. The molecule has 41 heavy (non-hydrogen) atoms. The van der Waals surface area contributed by atoms with Crippen LogP contribution in [-0.4, -0.2) is 18.4 Å². The summed E-state index contributed by atoms with van der Waals surface area (Å²) in [5.41, 5.74) is 3.68. The topological polar surface area (TPSA) is 42.4 Å². The van der Waals surface area contributed by atoms with Crippen LogP contribution >= 0.6 is 0 Å². The van der Waals surface area contributed by atoms with E-state index in [-0.39, 0.29) is 16.4 Å². The number of halogens is 3. The van der Waals surface area contributed by atoms with Gasteiger partial charge in [-0.3, -0.25) is 4.98 Å². The van der Waals surface area contributed by atoms with Crippen molar-refractivity contribution in [3.8, 4) is 0 Å². The van der Waals surface area contributed by atoms with Gasteiger partial charge in [0, 0.05) is 11.3 Å². The summed E-state index contributed by atoms with van der Waals surface area (Å²) in [6.07, 6.45) is 4.11. The van der Waals surface area contributed by atoms with Crippen LogP contribution in [0.4, 0.5) is 13.2 Å². The monoisotopic (exact) mass is 585 g/mol. The highest BCUT2D eigenvalue weighted by Gasteiger charge is 2.47. The third-order valence-electron chi connectivity index (χ3n) is 10.4. The highest BCUT2D eigenvalue weighted by atomic mass is 28.4. The standard InChI is InChI=1S/C34H46F3NO2Si/c1-32(2,3)41(6,7)40-28-16-15-25(21-9-8-10-21)29(28)30-26(19-23-17-18-33(4,5)20-27(23)38-30)31(39)22-11-13-24(14-12-22)34(35,36)37/h11-14,16,19,21,25,29,31,39H,8-10,15,17-18,20H2,1-7H3/t25-,29?,31+/m0/s1. The van der Waals surface area contributed by atoms with E-state index in [1.807, 2.05) is 0 Å². The van der Waals surface area contributed by atoms with Crippen molar-refractivity contribution < 1.29 is 22.7 Å². The number of aliphatic hydroxyl groups is 1. The number of aromatic nitrogens is 1. The van der Waals surface area contributed by atoms with E-state index in [0.29, 0.717) is 23.0 Å². The largest absolute Gasteiger partial charge is 0.546 e. The summed E-state index contributed by atoms with van der Waals surface area (Å²) in [6, 6.07) is 7.04. The molecule has 1 aromatic heterocycles. The molecule has 1 aromatic carbocycles. The predicted molar refractivity (Wildman–Crippen MR) is 160 cm³/mol. The molecule has 3 nitrogen and oxygen atoms in total. The third-order valence-corrected chi connectivity index (χ3v) is 14.7. The van der Waals surface area contributed by atoms with E-state index in [9.17, 15) is 18.3 Å². The summed E-state index contributed by atoms with van der Waals surface area (Å²) in [7, 11) is -2.15. The summed E-state index contributed by atoms with van der Waals surface area (Å²) in [4.78, 5) is 5.38. The second-order valence-corrected chi connectivity index (χ2v) is 19.7. The van der Waals surface area contributed by atoms with Crippen molar-refractivity contribution in [1.29, 1.82) is 0 Å². The minimum absolute atomic E-state index is 0.0306. The lowest BCUT2D eigenvalue weighted by Gasteiger charge is -2.41. The molecule has 0 saturated heterocycles. The summed E-state index contributed by atoms with van der Waals surface area (Å²) >= 11 is 0. The first-order valence-corrected chi connectivity index (χ1v) is 18.1. The van der Waals surface area contributed by atoms with Crippen LogP contribution in [-0.2, 0) is 23.4 Å². The Bertz CT molecular complexity index is 1300. The SMILES string of the molecule is CC1(C)CCc2cc([C@H](O)c3ccc(C(F)(F)F)cc3)c(C3C(O[Si](C)(C)C(C)(C)C)=CC[C@H]3C3CCC3)nc2C1. The van der Waals surface area contributed by atoms with Gasteiger partial charge >= 0.3 is 6.18 Å². The quantitative estimate of drug-likeness (QED) is 0.343. The zero-order valence-corrected chi connectivity index (χ0v) is 26.7. The number of aryl methyl sites for hydroxylation is 1. The van der Waals surface area contributed by atoms with Gasteiger partial charge in [-0.2, -0.15) is 13.2 Å². The molecule has 224 valence electrons. The van der Waals surface area contributed by atoms with E-state index in [2.05, 4.69) is 59.9 Å².